The molecule has 4 aromatic rings. The Labute approximate surface area is 221 Å². The van der Waals surface area contributed by atoms with Gasteiger partial charge in [-0.1, -0.05) is 36.4 Å². The lowest BCUT2D eigenvalue weighted by molar-refractivity contribution is -0.606. The highest BCUT2D eigenvalue weighted by molar-refractivity contribution is 6.00. The minimum atomic E-state index is -0.712. The second kappa shape index (κ2) is 10.5. The van der Waals surface area contributed by atoms with E-state index in [0.717, 1.165) is 39.8 Å². The van der Waals surface area contributed by atoms with E-state index in [1.807, 2.05) is 50.2 Å². The first kappa shape index (κ1) is 25.2. The number of aromatic nitrogens is 3. The zero-order valence-corrected chi connectivity index (χ0v) is 21.8. The fourth-order valence-corrected chi connectivity index (χ4v) is 5.47. The van der Waals surface area contributed by atoms with Gasteiger partial charge in [0, 0.05) is 30.1 Å². The summed E-state index contributed by atoms with van der Waals surface area (Å²) in [4.78, 5) is 26.7. The molecule has 2 aromatic heterocycles. The number of carbonyl (C=O) groups is 2. The molecule has 8 heteroatoms. The molecule has 0 spiro atoms. The van der Waals surface area contributed by atoms with Gasteiger partial charge in [0.2, 0.25) is 5.91 Å². The number of benzene rings is 2. The maximum absolute atomic E-state index is 13.6. The lowest BCUT2D eigenvalue weighted by atomic mass is 9.79. The number of pyridine rings is 1. The van der Waals surface area contributed by atoms with Crippen LogP contribution >= 0.6 is 0 Å². The molecule has 8 nitrogen and oxygen atoms in total. The number of fused-ring (bicyclic) bond motifs is 1. The molecule has 1 aliphatic rings. The van der Waals surface area contributed by atoms with E-state index < -0.39 is 6.04 Å². The van der Waals surface area contributed by atoms with Crippen molar-refractivity contribution in [2.24, 2.45) is 13.0 Å². The van der Waals surface area contributed by atoms with Crippen LogP contribution in [0.1, 0.15) is 39.2 Å². The molecule has 0 aliphatic heterocycles. The van der Waals surface area contributed by atoms with Gasteiger partial charge in [-0.3, -0.25) is 14.3 Å². The molecule has 0 radical (unpaired) electrons. The maximum Gasteiger partial charge on any atom is 0.270 e. The minimum Gasteiger partial charge on any atom is -0.619 e. The summed E-state index contributed by atoms with van der Waals surface area (Å²) in [5.74, 6) is -0.628. The average molecular weight is 510 g/mol. The Balaban J connectivity index is 1.38. The van der Waals surface area contributed by atoms with Crippen molar-refractivity contribution in [1.29, 1.82) is 0 Å². The SMILES string of the molecule is Cc1c[n+]([O-])cc(C)c1-c1ccc(NC(=O)[C@@H](NC(=O)c2ccnn2C)[C@H]2CCc3ccccc3C2)cc1. The molecule has 2 aromatic carbocycles. The predicted molar refractivity (Wildman–Crippen MR) is 145 cm³/mol. The van der Waals surface area contributed by atoms with Gasteiger partial charge in [-0.05, 0) is 79.5 Å². The van der Waals surface area contributed by atoms with Gasteiger partial charge < -0.3 is 15.8 Å². The van der Waals surface area contributed by atoms with Crippen molar-refractivity contribution < 1.29 is 14.3 Å². The number of hydrogen-bond acceptors (Lipinski definition) is 4. The summed E-state index contributed by atoms with van der Waals surface area (Å²) in [7, 11) is 1.70. The number of anilines is 1. The number of rotatable bonds is 6. The first-order valence-electron chi connectivity index (χ1n) is 12.8. The number of amides is 2. The van der Waals surface area contributed by atoms with Gasteiger partial charge in [0.25, 0.3) is 5.91 Å². The molecule has 2 N–H and O–H groups in total. The average Bonchev–Trinajstić information content (AvgIpc) is 3.33. The van der Waals surface area contributed by atoms with Crippen LogP contribution in [0, 0.1) is 25.0 Å². The summed E-state index contributed by atoms with van der Waals surface area (Å²) in [5, 5.41) is 21.8. The Kier molecular flexibility index (Phi) is 6.96. The topological polar surface area (TPSA) is 103 Å². The molecule has 2 atom stereocenters. The lowest BCUT2D eigenvalue weighted by Gasteiger charge is -2.31. The predicted octanol–water partition coefficient (Wildman–Crippen LogP) is 3.88. The Hall–Kier alpha value is -4.46. The highest BCUT2D eigenvalue weighted by atomic mass is 16.5. The van der Waals surface area contributed by atoms with Gasteiger partial charge >= 0.3 is 0 Å². The first-order valence-corrected chi connectivity index (χ1v) is 12.8. The molecule has 2 heterocycles. The van der Waals surface area contributed by atoms with E-state index in [1.165, 1.54) is 15.8 Å². The van der Waals surface area contributed by atoms with Gasteiger partial charge in [-0.15, -0.1) is 0 Å². The van der Waals surface area contributed by atoms with E-state index in [-0.39, 0.29) is 17.7 Å². The van der Waals surface area contributed by atoms with Crippen LogP contribution in [0.4, 0.5) is 5.69 Å². The molecular formula is C30H31N5O3. The highest BCUT2D eigenvalue weighted by Gasteiger charge is 2.33. The Bertz CT molecular complexity index is 1470. The van der Waals surface area contributed by atoms with Gasteiger partial charge in [0.15, 0.2) is 12.4 Å². The zero-order valence-electron chi connectivity index (χ0n) is 21.8. The number of carbonyl (C=O) groups excluding carboxylic acids is 2. The monoisotopic (exact) mass is 509 g/mol. The number of nitrogens with one attached hydrogen (secondary N) is 2. The Morgan fingerprint density at radius 1 is 1.03 bits per heavy atom. The Morgan fingerprint density at radius 3 is 2.37 bits per heavy atom. The summed E-state index contributed by atoms with van der Waals surface area (Å²) in [6.07, 6.45) is 7.04. The first-order chi connectivity index (χ1) is 18.3. The number of nitrogens with zero attached hydrogens (tertiary/aromatic N) is 3. The van der Waals surface area contributed by atoms with Crippen molar-refractivity contribution in [3.8, 4) is 11.1 Å². The van der Waals surface area contributed by atoms with Gasteiger partial charge in [-0.25, -0.2) is 0 Å². The number of aryl methyl sites for hydroxylation is 4. The van der Waals surface area contributed by atoms with E-state index in [0.29, 0.717) is 17.8 Å². The van der Waals surface area contributed by atoms with Crippen molar-refractivity contribution in [3.05, 3.63) is 106 Å². The molecule has 0 fully saturated rings. The van der Waals surface area contributed by atoms with Gasteiger partial charge in [-0.2, -0.15) is 9.83 Å². The van der Waals surface area contributed by atoms with E-state index in [2.05, 4.69) is 27.9 Å². The summed E-state index contributed by atoms with van der Waals surface area (Å²) >= 11 is 0. The molecule has 194 valence electrons. The summed E-state index contributed by atoms with van der Waals surface area (Å²) in [6.45, 7) is 3.81. The number of hydrogen-bond donors (Lipinski definition) is 2. The summed E-state index contributed by atoms with van der Waals surface area (Å²) in [6, 6.07) is 16.8. The van der Waals surface area contributed by atoms with Crippen molar-refractivity contribution in [1.82, 2.24) is 15.1 Å². The molecule has 38 heavy (non-hydrogen) atoms. The zero-order chi connectivity index (χ0) is 26.8. The van der Waals surface area contributed by atoms with Gasteiger partial charge in [0.1, 0.15) is 11.7 Å². The van der Waals surface area contributed by atoms with Crippen LogP contribution in [0.2, 0.25) is 0 Å². The smallest absolute Gasteiger partial charge is 0.270 e. The maximum atomic E-state index is 13.6. The fourth-order valence-electron chi connectivity index (χ4n) is 5.47. The minimum absolute atomic E-state index is 0.0465. The molecule has 0 saturated carbocycles. The van der Waals surface area contributed by atoms with Crippen molar-refractivity contribution >= 4 is 17.5 Å². The molecule has 2 amide bonds. The second-order valence-corrected chi connectivity index (χ2v) is 9.99. The molecule has 0 unspecified atom stereocenters. The van der Waals surface area contributed by atoms with Gasteiger partial charge in [0.05, 0.1) is 0 Å². The van der Waals surface area contributed by atoms with Crippen LogP contribution in [0.5, 0.6) is 0 Å². The van der Waals surface area contributed by atoms with Crippen molar-refractivity contribution in [2.75, 3.05) is 5.32 Å². The van der Waals surface area contributed by atoms with Crippen LogP contribution in [0.25, 0.3) is 11.1 Å². The molecule has 1 aliphatic carbocycles. The lowest BCUT2D eigenvalue weighted by Crippen LogP contribution is -2.50. The van der Waals surface area contributed by atoms with Crippen molar-refractivity contribution in [2.45, 2.75) is 39.2 Å². The third-order valence-corrected chi connectivity index (χ3v) is 7.35. The van der Waals surface area contributed by atoms with E-state index in [1.54, 1.807) is 31.7 Å². The van der Waals surface area contributed by atoms with Crippen molar-refractivity contribution in [3.63, 3.8) is 0 Å². The second-order valence-electron chi connectivity index (χ2n) is 9.99. The van der Waals surface area contributed by atoms with E-state index >= 15 is 0 Å². The van der Waals surface area contributed by atoms with Crippen LogP contribution in [0.3, 0.4) is 0 Å². The molecule has 0 bridgehead atoms. The van der Waals surface area contributed by atoms with Crippen LogP contribution < -0.4 is 15.4 Å². The van der Waals surface area contributed by atoms with Crippen LogP contribution in [-0.2, 0) is 24.7 Å². The highest BCUT2D eigenvalue weighted by Crippen LogP contribution is 2.30. The van der Waals surface area contributed by atoms with E-state index in [4.69, 9.17) is 0 Å². The standard InChI is InChI=1S/C30H31N5O3/c1-19-17-35(38)18-20(2)27(19)22-10-12-25(13-11-22)32-30(37)28(33-29(36)26-14-15-31-34(26)3)24-9-8-21-6-4-5-7-23(21)16-24/h4-7,10-15,17-18,24,28H,8-9,16H2,1-3H3,(H,32,37)(H,33,36)/t24-,28-/m0/s1. The largest absolute Gasteiger partial charge is 0.619 e. The molecular weight excluding hydrogens is 478 g/mol. The van der Waals surface area contributed by atoms with Crippen LogP contribution in [-0.4, -0.2) is 27.6 Å². The molecule has 0 saturated heterocycles. The third kappa shape index (κ3) is 5.16. The summed E-state index contributed by atoms with van der Waals surface area (Å²) < 4.78 is 2.31. The quantitative estimate of drug-likeness (QED) is 0.304. The molecule has 5 rings (SSSR count). The normalized spacial score (nSPS) is 15.4. The Morgan fingerprint density at radius 2 is 1.71 bits per heavy atom. The third-order valence-electron chi connectivity index (χ3n) is 7.35. The van der Waals surface area contributed by atoms with Crippen LogP contribution in [0.15, 0.2) is 73.2 Å². The summed E-state index contributed by atoms with van der Waals surface area (Å²) in [5.41, 5.74) is 7.27. The fraction of sp³-hybridized carbons (Fsp3) is 0.267. The van der Waals surface area contributed by atoms with E-state index in [9.17, 15) is 14.8 Å².